The van der Waals surface area contributed by atoms with Gasteiger partial charge in [0.1, 0.15) is 0 Å². The molecular weight excluding hydrogens is 174 g/mol. The molecule has 0 aliphatic rings. The molecule has 0 amide bonds. The van der Waals surface area contributed by atoms with Crippen molar-refractivity contribution in [1.29, 1.82) is 0 Å². The summed E-state index contributed by atoms with van der Waals surface area (Å²) in [5.41, 5.74) is 0. The van der Waals surface area contributed by atoms with Gasteiger partial charge in [0.25, 0.3) is 0 Å². The number of hydrogen-bond donors (Lipinski definition) is 1. The Morgan fingerprint density at radius 3 is 2.36 bits per heavy atom. The average molecular weight is 193 g/mol. The molecule has 0 fully saturated rings. The highest BCUT2D eigenvalue weighted by atomic mass is 33.1. The Balaban J connectivity index is 2.80. The molecule has 0 aromatic heterocycles. The van der Waals surface area contributed by atoms with Crippen molar-refractivity contribution in [3.63, 3.8) is 0 Å². The second-order valence-electron chi connectivity index (χ2n) is 2.75. The minimum absolute atomic E-state index is 0.631. The first kappa shape index (κ1) is 11.7. The van der Waals surface area contributed by atoms with E-state index in [1.165, 1.54) is 17.9 Å². The monoisotopic (exact) mass is 193 g/mol. The Hall–Kier alpha value is 0.660. The average Bonchev–Trinajstić information content (AvgIpc) is 1.96. The number of hydrogen-bond acceptors (Lipinski definition) is 3. The lowest BCUT2D eigenvalue weighted by atomic mass is 10.4. The van der Waals surface area contributed by atoms with E-state index in [0.29, 0.717) is 6.04 Å². The van der Waals surface area contributed by atoms with Crippen molar-refractivity contribution in [3.8, 4) is 0 Å². The molecule has 0 rings (SSSR count). The van der Waals surface area contributed by atoms with Gasteiger partial charge < -0.3 is 5.32 Å². The molecule has 0 bridgehead atoms. The van der Waals surface area contributed by atoms with Gasteiger partial charge in [0.2, 0.25) is 0 Å². The predicted octanol–water partition coefficient (Wildman–Crippen LogP) is 2.78. The van der Waals surface area contributed by atoms with Crippen LogP contribution in [-0.2, 0) is 0 Å². The van der Waals surface area contributed by atoms with E-state index in [2.05, 4.69) is 26.1 Å². The lowest BCUT2D eigenvalue weighted by Crippen LogP contribution is -2.24. The Morgan fingerprint density at radius 2 is 1.82 bits per heavy atom. The van der Waals surface area contributed by atoms with Crippen LogP contribution in [0.2, 0.25) is 0 Å². The first-order valence-corrected chi connectivity index (χ1v) is 6.74. The summed E-state index contributed by atoms with van der Waals surface area (Å²) in [6.07, 6.45) is 1.29. The second-order valence-corrected chi connectivity index (χ2v) is 5.45. The Labute approximate surface area is 78.5 Å². The van der Waals surface area contributed by atoms with Gasteiger partial charge in [-0.1, -0.05) is 42.4 Å². The van der Waals surface area contributed by atoms with Crippen LogP contribution in [0, 0.1) is 0 Å². The largest absolute Gasteiger partial charge is 0.314 e. The Bertz CT molecular complexity index is 76.5. The summed E-state index contributed by atoms with van der Waals surface area (Å²) in [4.78, 5) is 0. The third-order valence-electron chi connectivity index (χ3n) is 1.11. The van der Waals surface area contributed by atoms with Crippen LogP contribution < -0.4 is 5.32 Å². The zero-order valence-electron chi connectivity index (χ0n) is 7.72. The molecule has 68 valence electrons. The maximum atomic E-state index is 3.39. The third kappa shape index (κ3) is 10.7. The van der Waals surface area contributed by atoms with Gasteiger partial charge in [0.15, 0.2) is 0 Å². The van der Waals surface area contributed by atoms with Gasteiger partial charge in [0, 0.05) is 24.1 Å². The summed E-state index contributed by atoms with van der Waals surface area (Å²) in [7, 11) is 3.96. The van der Waals surface area contributed by atoms with Crippen LogP contribution in [0.15, 0.2) is 0 Å². The topological polar surface area (TPSA) is 12.0 Å². The molecule has 0 aromatic carbocycles. The van der Waals surface area contributed by atoms with E-state index in [1.54, 1.807) is 0 Å². The fraction of sp³-hybridized carbons (Fsp3) is 1.00. The maximum absolute atomic E-state index is 3.39. The summed E-state index contributed by atoms with van der Waals surface area (Å²) >= 11 is 0. The van der Waals surface area contributed by atoms with Gasteiger partial charge in [-0.3, -0.25) is 0 Å². The summed E-state index contributed by atoms with van der Waals surface area (Å²) in [6, 6.07) is 0.631. The van der Waals surface area contributed by atoms with Crippen LogP contribution in [0.1, 0.15) is 27.2 Å². The molecule has 3 heteroatoms. The highest BCUT2D eigenvalue weighted by Gasteiger charge is 1.91. The Kier molecular flexibility index (Phi) is 9.28. The minimum atomic E-state index is 0.631. The van der Waals surface area contributed by atoms with Crippen molar-refractivity contribution >= 4 is 21.6 Å². The smallest absolute Gasteiger partial charge is 0.0162 e. The fourth-order valence-corrected chi connectivity index (χ4v) is 2.65. The zero-order valence-corrected chi connectivity index (χ0v) is 9.36. The van der Waals surface area contributed by atoms with E-state index < -0.39 is 0 Å². The molecule has 0 aromatic rings. The molecular formula is C8H19NS2. The van der Waals surface area contributed by atoms with E-state index >= 15 is 0 Å². The zero-order chi connectivity index (χ0) is 8.53. The van der Waals surface area contributed by atoms with Crippen molar-refractivity contribution in [2.24, 2.45) is 0 Å². The highest BCUT2D eigenvalue weighted by molar-refractivity contribution is 8.76. The molecule has 0 saturated heterocycles. The summed E-state index contributed by atoms with van der Waals surface area (Å²) < 4.78 is 0. The molecule has 1 nitrogen and oxygen atoms in total. The van der Waals surface area contributed by atoms with Crippen molar-refractivity contribution in [2.75, 3.05) is 18.1 Å². The van der Waals surface area contributed by atoms with Gasteiger partial charge >= 0.3 is 0 Å². The summed E-state index contributed by atoms with van der Waals surface area (Å²) in [5.74, 6) is 2.51. The molecule has 0 heterocycles. The molecule has 0 unspecified atom stereocenters. The lowest BCUT2D eigenvalue weighted by molar-refractivity contribution is 0.616. The van der Waals surface area contributed by atoms with Gasteiger partial charge in [-0.05, 0) is 6.42 Å². The first-order chi connectivity index (χ1) is 5.27. The van der Waals surface area contributed by atoms with Crippen LogP contribution in [0.4, 0.5) is 0 Å². The van der Waals surface area contributed by atoms with Crippen molar-refractivity contribution in [2.45, 2.75) is 33.2 Å². The van der Waals surface area contributed by atoms with E-state index in [9.17, 15) is 0 Å². The standard InChI is InChI=1S/C8H19NS2/c1-4-6-10-11-7-5-9-8(2)3/h8-9H,4-7H2,1-3H3. The summed E-state index contributed by atoms with van der Waals surface area (Å²) in [5, 5.41) is 3.39. The molecule has 11 heavy (non-hydrogen) atoms. The molecule has 0 spiro atoms. The Morgan fingerprint density at radius 1 is 1.18 bits per heavy atom. The van der Waals surface area contributed by atoms with Crippen LogP contribution in [0.25, 0.3) is 0 Å². The summed E-state index contributed by atoms with van der Waals surface area (Å²) in [6.45, 7) is 7.73. The van der Waals surface area contributed by atoms with E-state index in [0.717, 1.165) is 6.54 Å². The van der Waals surface area contributed by atoms with Crippen LogP contribution in [-0.4, -0.2) is 24.1 Å². The SMILES string of the molecule is CCCSSCCNC(C)C. The van der Waals surface area contributed by atoms with Gasteiger partial charge in [-0.2, -0.15) is 0 Å². The molecule has 0 radical (unpaired) electrons. The second kappa shape index (κ2) is 8.75. The molecule has 0 aliphatic heterocycles. The van der Waals surface area contributed by atoms with Crippen molar-refractivity contribution in [3.05, 3.63) is 0 Å². The van der Waals surface area contributed by atoms with Crippen LogP contribution >= 0.6 is 21.6 Å². The highest BCUT2D eigenvalue weighted by Crippen LogP contribution is 2.20. The van der Waals surface area contributed by atoms with Crippen LogP contribution in [0.3, 0.4) is 0 Å². The van der Waals surface area contributed by atoms with Crippen LogP contribution in [0.5, 0.6) is 0 Å². The van der Waals surface area contributed by atoms with Gasteiger partial charge in [0.05, 0.1) is 0 Å². The fourth-order valence-electron chi connectivity index (χ4n) is 0.590. The first-order valence-electron chi connectivity index (χ1n) is 4.25. The molecule has 0 atom stereocenters. The van der Waals surface area contributed by atoms with E-state index in [1.807, 2.05) is 21.6 Å². The number of nitrogens with one attached hydrogen (secondary N) is 1. The van der Waals surface area contributed by atoms with Crippen molar-refractivity contribution < 1.29 is 0 Å². The minimum Gasteiger partial charge on any atom is -0.314 e. The molecule has 0 aliphatic carbocycles. The molecule has 1 N–H and O–H groups in total. The normalized spacial score (nSPS) is 10.9. The number of rotatable bonds is 7. The lowest BCUT2D eigenvalue weighted by Gasteiger charge is -2.06. The van der Waals surface area contributed by atoms with E-state index in [-0.39, 0.29) is 0 Å². The van der Waals surface area contributed by atoms with Gasteiger partial charge in [-0.25, -0.2) is 0 Å². The third-order valence-corrected chi connectivity index (χ3v) is 3.72. The maximum Gasteiger partial charge on any atom is 0.0162 e. The predicted molar refractivity (Wildman–Crippen MR) is 58.3 cm³/mol. The molecule has 0 saturated carbocycles. The van der Waals surface area contributed by atoms with Gasteiger partial charge in [-0.15, -0.1) is 0 Å². The quantitative estimate of drug-likeness (QED) is 0.493. The van der Waals surface area contributed by atoms with Crippen molar-refractivity contribution in [1.82, 2.24) is 5.32 Å². The van der Waals surface area contributed by atoms with E-state index in [4.69, 9.17) is 0 Å².